The highest BCUT2D eigenvalue weighted by Gasteiger charge is 2.40. The van der Waals surface area contributed by atoms with Crippen LogP contribution in [0, 0.1) is 0 Å². The number of anilines is 2. The molecule has 0 aliphatic carbocycles. The van der Waals surface area contributed by atoms with Gasteiger partial charge in [-0.25, -0.2) is 0 Å². The molecular formula is C13H17BrN2O. The third-order valence-electron chi connectivity index (χ3n) is 3.98. The molecule has 1 aromatic carbocycles. The normalized spacial score (nSPS) is 31.9. The number of rotatable bonds is 1. The number of piperidine rings is 1. The number of benzene rings is 1. The average Bonchev–Trinajstić information content (AvgIpc) is 2.54. The molecule has 4 heteroatoms. The molecule has 0 saturated carbocycles. The quantitative estimate of drug-likeness (QED) is 0.783. The van der Waals surface area contributed by atoms with Crippen molar-refractivity contribution >= 4 is 27.3 Å². The fourth-order valence-electron chi connectivity index (χ4n) is 3.28. The molecule has 17 heavy (non-hydrogen) atoms. The smallest absolute Gasteiger partial charge is 0.0616 e. The molecule has 2 atom stereocenters. The number of fused-ring (bicyclic) bond motifs is 2. The molecule has 2 saturated heterocycles. The van der Waals surface area contributed by atoms with Gasteiger partial charge in [-0.1, -0.05) is 15.9 Å². The van der Waals surface area contributed by atoms with Gasteiger partial charge in [0, 0.05) is 16.6 Å². The number of aliphatic hydroxyl groups is 1. The van der Waals surface area contributed by atoms with Crippen LogP contribution in [0.25, 0.3) is 0 Å². The highest BCUT2D eigenvalue weighted by atomic mass is 79.9. The Labute approximate surface area is 110 Å². The lowest BCUT2D eigenvalue weighted by Crippen LogP contribution is -2.45. The maximum absolute atomic E-state index is 9.81. The van der Waals surface area contributed by atoms with E-state index in [-0.39, 0.29) is 6.10 Å². The average molecular weight is 297 g/mol. The Morgan fingerprint density at radius 3 is 2.53 bits per heavy atom. The van der Waals surface area contributed by atoms with Crippen LogP contribution < -0.4 is 10.6 Å². The number of hydrogen-bond acceptors (Lipinski definition) is 3. The van der Waals surface area contributed by atoms with Crippen molar-refractivity contribution in [2.24, 2.45) is 0 Å². The first-order valence-corrected chi connectivity index (χ1v) is 6.96. The van der Waals surface area contributed by atoms with Crippen LogP contribution >= 0.6 is 15.9 Å². The van der Waals surface area contributed by atoms with Gasteiger partial charge >= 0.3 is 0 Å². The molecule has 0 spiro atoms. The summed E-state index contributed by atoms with van der Waals surface area (Å²) < 4.78 is 1.06. The summed E-state index contributed by atoms with van der Waals surface area (Å²) in [6.07, 6.45) is 3.98. The van der Waals surface area contributed by atoms with Crippen LogP contribution in [0.15, 0.2) is 22.7 Å². The first-order chi connectivity index (χ1) is 8.15. The van der Waals surface area contributed by atoms with Crippen molar-refractivity contribution < 1.29 is 5.11 Å². The molecule has 2 aliphatic rings. The summed E-state index contributed by atoms with van der Waals surface area (Å²) in [5.41, 5.74) is 8.04. The van der Waals surface area contributed by atoms with E-state index in [0.29, 0.717) is 12.1 Å². The van der Waals surface area contributed by atoms with Crippen LogP contribution in [0.5, 0.6) is 0 Å². The maximum atomic E-state index is 9.81. The molecule has 0 amide bonds. The van der Waals surface area contributed by atoms with Gasteiger partial charge in [0.25, 0.3) is 0 Å². The van der Waals surface area contributed by atoms with Crippen molar-refractivity contribution in [3.63, 3.8) is 0 Å². The van der Waals surface area contributed by atoms with Crippen LogP contribution in [0.4, 0.5) is 11.4 Å². The highest BCUT2D eigenvalue weighted by Crippen LogP contribution is 2.42. The Balaban J connectivity index is 1.97. The monoisotopic (exact) mass is 296 g/mol. The van der Waals surface area contributed by atoms with Crippen molar-refractivity contribution in [3.05, 3.63) is 22.7 Å². The Kier molecular flexibility index (Phi) is 2.79. The number of nitrogens with zero attached hydrogens (tertiary/aromatic N) is 1. The van der Waals surface area contributed by atoms with Crippen molar-refractivity contribution in [2.75, 3.05) is 10.6 Å². The highest BCUT2D eigenvalue weighted by molar-refractivity contribution is 9.10. The molecule has 2 heterocycles. The lowest BCUT2D eigenvalue weighted by molar-refractivity contribution is 0.126. The Bertz CT molecular complexity index is 423. The summed E-state index contributed by atoms with van der Waals surface area (Å²) in [5.74, 6) is 0. The van der Waals surface area contributed by atoms with E-state index in [1.165, 1.54) is 12.8 Å². The van der Waals surface area contributed by atoms with Gasteiger partial charge in [0.2, 0.25) is 0 Å². The Hall–Kier alpha value is -0.740. The standard InChI is InChI=1S/C13H17BrN2O/c14-8-1-4-12(15)13(5-8)16-9-2-3-10(16)7-11(17)6-9/h1,4-5,9-11,17H,2-3,6-7,15H2. The minimum Gasteiger partial charge on any atom is -0.397 e. The first kappa shape index (κ1) is 11.4. The molecule has 92 valence electrons. The second-order valence-corrected chi connectivity index (χ2v) is 6.04. The molecular weight excluding hydrogens is 280 g/mol. The Morgan fingerprint density at radius 1 is 1.24 bits per heavy atom. The summed E-state index contributed by atoms with van der Waals surface area (Å²) in [6, 6.07) is 6.93. The lowest BCUT2D eigenvalue weighted by atomic mass is 9.99. The summed E-state index contributed by atoms with van der Waals surface area (Å²) in [6.45, 7) is 0. The van der Waals surface area contributed by atoms with Gasteiger partial charge in [0.15, 0.2) is 0 Å². The lowest BCUT2D eigenvalue weighted by Gasteiger charge is -2.39. The third kappa shape index (κ3) is 1.93. The molecule has 3 rings (SSSR count). The molecule has 0 radical (unpaired) electrons. The van der Waals surface area contributed by atoms with Crippen LogP contribution in [-0.4, -0.2) is 23.3 Å². The van der Waals surface area contributed by atoms with Crippen molar-refractivity contribution in [1.82, 2.24) is 0 Å². The van der Waals surface area contributed by atoms with Gasteiger partial charge in [0.05, 0.1) is 17.5 Å². The van der Waals surface area contributed by atoms with E-state index in [0.717, 1.165) is 28.7 Å². The minimum absolute atomic E-state index is 0.128. The van der Waals surface area contributed by atoms with Gasteiger partial charge in [0.1, 0.15) is 0 Å². The van der Waals surface area contributed by atoms with E-state index < -0.39 is 0 Å². The zero-order chi connectivity index (χ0) is 12.0. The second kappa shape index (κ2) is 4.18. The summed E-state index contributed by atoms with van der Waals surface area (Å²) in [7, 11) is 0. The van der Waals surface area contributed by atoms with Crippen LogP contribution in [0.1, 0.15) is 25.7 Å². The number of nitrogen functional groups attached to an aromatic ring is 1. The van der Waals surface area contributed by atoms with E-state index in [1.54, 1.807) is 0 Å². The predicted octanol–water partition coefficient (Wildman–Crippen LogP) is 2.52. The van der Waals surface area contributed by atoms with E-state index >= 15 is 0 Å². The van der Waals surface area contributed by atoms with Crippen LogP contribution in [-0.2, 0) is 0 Å². The molecule has 1 aromatic rings. The number of hydrogen-bond donors (Lipinski definition) is 2. The van der Waals surface area contributed by atoms with E-state index in [2.05, 4.69) is 26.9 Å². The van der Waals surface area contributed by atoms with E-state index in [9.17, 15) is 5.11 Å². The van der Waals surface area contributed by atoms with Gasteiger partial charge < -0.3 is 15.7 Å². The van der Waals surface area contributed by atoms with Gasteiger partial charge in [-0.15, -0.1) is 0 Å². The molecule has 3 N–H and O–H groups in total. The van der Waals surface area contributed by atoms with Gasteiger partial charge in [-0.05, 0) is 43.9 Å². The summed E-state index contributed by atoms with van der Waals surface area (Å²) in [4.78, 5) is 2.42. The van der Waals surface area contributed by atoms with E-state index in [1.807, 2.05) is 12.1 Å². The molecule has 2 aliphatic heterocycles. The van der Waals surface area contributed by atoms with E-state index in [4.69, 9.17) is 5.73 Å². The predicted molar refractivity (Wildman–Crippen MR) is 73.1 cm³/mol. The van der Waals surface area contributed by atoms with Gasteiger partial charge in [-0.3, -0.25) is 0 Å². The van der Waals surface area contributed by atoms with Crippen LogP contribution in [0.3, 0.4) is 0 Å². The second-order valence-electron chi connectivity index (χ2n) is 5.12. The van der Waals surface area contributed by atoms with Gasteiger partial charge in [-0.2, -0.15) is 0 Å². The minimum atomic E-state index is -0.128. The van der Waals surface area contributed by atoms with Crippen LogP contribution in [0.2, 0.25) is 0 Å². The number of aliphatic hydroxyl groups excluding tert-OH is 1. The first-order valence-electron chi connectivity index (χ1n) is 6.16. The fraction of sp³-hybridized carbons (Fsp3) is 0.538. The molecule has 0 aromatic heterocycles. The topological polar surface area (TPSA) is 49.5 Å². The molecule has 3 nitrogen and oxygen atoms in total. The SMILES string of the molecule is Nc1ccc(Br)cc1N1C2CCC1CC(O)C2. The molecule has 2 fully saturated rings. The largest absolute Gasteiger partial charge is 0.397 e. The number of nitrogens with two attached hydrogens (primary N) is 1. The van der Waals surface area contributed by atoms with Crippen molar-refractivity contribution in [1.29, 1.82) is 0 Å². The zero-order valence-corrected chi connectivity index (χ0v) is 11.2. The third-order valence-corrected chi connectivity index (χ3v) is 4.47. The maximum Gasteiger partial charge on any atom is 0.0616 e. The van der Waals surface area contributed by atoms with Crippen molar-refractivity contribution in [2.45, 2.75) is 43.9 Å². The summed E-state index contributed by atoms with van der Waals surface area (Å²) in [5, 5.41) is 9.81. The summed E-state index contributed by atoms with van der Waals surface area (Å²) >= 11 is 3.50. The van der Waals surface area contributed by atoms with Crippen molar-refractivity contribution in [3.8, 4) is 0 Å². The molecule has 2 bridgehead atoms. The zero-order valence-electron chi connectivity index (χ0n) is 9.64. The fourth-order valence-corrected chi connectivity index (χ4v) is 3.63. The molecule has 2 unspecified atom stereocenters. The Morgan fingerprint density at radius 2 is 1.88 bits per heavy atom. The number of halogens is 1.